The third-order valence-corrected chi connectivity index (χ3v) is 4.37. The first-order valence-corrected chi connectivity index (χ1v) is 9.76. The summed E-state index contributed by atoms with van der Waals surface area (Å²) in [6.45, 7) is 2.25. The van der Waals surface area contributed by atoms with Crippen LogP contribution in [0.3, 0.4) is 0 Å². The number of carboxylic acid groups (broad SMARTS) is 2. The first-order valence-electron chi connectivity index (χ1n) is 9.76. The van der Waals surface area contributed by atoms with Gasteiger partial charge in [0.1, 0.15) is 5.57 Å². The molecule has 0 aromatic carbocycles. The Bertz CT molecular complexity index is 345. The summed E-state index contributed by atoms with van der Waals surface area (Å²) in [6.07, 6.45) is 19.7. The maximum Gasteiger partial charge on any atom is 0.342 e. The Morgan fingerprint density at radius 3 is 1.29 bits per heavy atom. The summed E-state index contributed by atoms with van der Waals surface area (Å²) in [7, 11) is 0. The molecule has 0 amide bonds. The van der Waals surface area contributed by atoms with Crippen molar-refractivity contribution in [1.29, 1.82) is 0 Å². The first-order chi connectivity index (χ1) is 11.6. The van der Waals surface area contributed by atoms with E-state index in [2.05, 4.69) is 6.92 Å². The van der Waals surface area contributed by atoms with Crippen molar-refractivity contribution < 1.29 is 19.8 Å². The van der Waals surface area contributed by atoms with Gasteiger partial charge in [-0.1, -0.05) is 96.5 Å². The molecular weight excluding hydrogens is 304 g/mol. The first kappa shape index (κ1) is 22.7. The molecule has 0 aromatic heterocycles. The zero-order chi connectivity index (χ0) is 18.0. The molecule has 140 valence electrons. The molecule has 0 spiro atoms. The second-order valence-electron chi connectivity index (χ2n) is 6.61. The molecule has 0 aliphatic heterocycles. The summed E-state index contributed by atoms with van der Waals surface area (Å²) in [6, 6.07) is 0. The highest BCUT2D eigenvalue weighted by Crippen LogP contribution is 2.13. The smallest absolute Gasteiger partial charge is 0.342 e. The number of carboxylic acids is 2. The van der Waals surface area contributed by atoms with Crippen LogP contribution < -0.4 is 0 Å². The van der Waals surface area contributed by atoms with E-state index >= 15 is 0 Å². The van der Waals surface area contributed by atoms with Crippen molar-refractivity contribution in [2.45, 2.75) is 103 Å². The Morgan fingerprint density at radius 2 is 0.958 bits per heavy atom. The molecule has 0 aromatic rings. The maximum atomic E-state index is 10.7. The minimum Gasteiger partial charge on any atom is -0.477 e. The zero-order valence-electron chi connectivity index (χ0n) is 15.4. The summed E-state index contributed by atoms with van der Waals surface area (Å²) < 4.78 is 0. The predicted octanol–water partition coefficient (Wildman–Crippen LogP) is 5.95. The third-order valence-electron chi connectivity index (χ3n) is 4.37. The number of unbranched alkanes of at least 4 members (excludes halogenated alkanes) is 14. The number of carbonyl (C=O) groups is 2. The van der Waals surface area contributed by atoms with E-state index in [0.717, 1.165) is 19.3 Å². The lowest BCUT2D eigenvalue weighted by Gasteiger charge is -2.03. The van der Waals surface area contributed by atoms with E-state index in [1.165, 1.54) is 76.7 Å². The summed E-state index contributed by atoms with van der Waals surface area (Å²) >= 11 is 0. The van der Waals surface area contributed by atoms with Crippen LogP contribution in [0.25, 0.3) is 0 Å². The lowest BCUT2D eigenvalue weighted by molar-refractivity contribution is -0.140. The van der Waals surface area contributed by atoms with Crippen molar-refractivity contribution in [2.24, 2.45) is 0 Å². The van der Waals surface area contributed by atoms with Crippen LogP contribution in [0.4, 0.5) is 0 Å². The molecule has 0 saturated heterocycles. The van der Waals surface area contributed by atoms with Gasteiger partial charge in [0, 0.05) is 0 Å². The van der Waals surface area contributed by atoms with E-state index < -0.39 is 17.5 Å². The van der Waals surface area contributed by atoms with Gasteiger partial charge < -0.3 is 10.2 Å². The highest BCUT2D eigenvalue weighted by atomic mass is 16.4. The SMILES string of the molecule is CCCCCCCCCCCCCCCCC=C(C(=O)O)C(=O)O. The maximum absolute atomic E-state index is 10.7. The molecule has 4 heteroatoms. The normalized spacial score (nSPS) is 10.5. The van der Waals surface area contributed by atoms with Crippen LogP contribution in [0, 0.1) is 0 Å². The van der Waals surface area contributed by atoms with Crippen LogP contribution in [0.1, 0.15) is 103 Å². The van der Waals surface area contributed by atoms with E-state index in [4.69, 9.17) is 10.2 Å². The van der Waals surface area contributed by atoms with Crippen molar-refractivity contribution in [3.05, 3.63) is 11.6 Å². The Hall–Kier alpha value is -1.32. The van der Waals surface area contributed by atoms with Gasteiger partial charge >= 0.3 is 11.9 Å². The molecule has 0 atom stereocenters. The molecule has 0 heterocycles. The molecular formula is C20H36O4. The van der Waals surface area contributed by atoms with Gasteiger partial charge in [0.05, 0.1) is 0 Å². The summed E-state index contributed by atoms with van der Waals surface area (Å²) in [5, 5.41) is 17.4. The monoisotopic (exact) mass is 340 g/mol. The number of rotatable bonds is 17. The third kappa shape index (κ3) is 14.3. The van der Waals surface area contributed by atoms with Crippen LogP contribution in [0.15, 0.2) is 11.6 Å². The lowest BCUT2D eigenvalue weighted by atomic mass is 10.0. The molecule has 24 heavy (non-hydrogen) atoms. The quantitative estimate of drug-likeness (QED) is 0.148. The predicted molar refractivity (Wildman–Crippen MR) is 98.3 cm³/mol. The van der Waals surface area contributed by atoms with Crippen molar-refractivity contribution in [1.82, 2.24) is 0 Å². The average molecular weight is 341 g/mol. The van der Waals surface area contributed by atoms with Crippen LogP contribution in [0.2, 0.25) is 0 Å². The van der Waals surface area contributed by atoms with Crippen LogP contribution in [0.5, 0.6) is 0 Å². The Balaban J connectivity index is 3.32. The Labute approximate surface area is 147 Å². The van der Waals surface area contributed by atoms with Gasteiger partial charge in [-0.2, -0.15) is 0 Å². The van der Waals surface area contributed by atoms with Gasteiger partial charge in [0.25, 0.3) is 0 Å². The average Bonchev–Trinajstić information content (AvgIpc) is 2.53. The Kier molecular flexibility index (Phi) is 15.6. The highest BCUT2D eigenvalue weighted by Gasteiger charge is 2.14. The largest absolute Gasteiger partial charge is 0.477 e. The lowest BCUT2D eigenvalue weighted by Crippen LogP contribution is -2.10. The van der Waals surface area contributed by atoms with Crippen molar-refractivity contribution >= 4 is 11.9 Å². The Morgan fingerprint density at radius 1 is 0.625 bits per heavy atom. The highest BCUT2D eigenvalue weighted by molar-refractivity contribution is 6.12. The molecule has 0 radical (unpaired) electrons. The van der Waals surface area contributed by atoms with E-state index in [9.17, 15) is 9.59 Å². The number of allylic oxidation sites excluding steroid dienone is 1. The van der Waals surface area contributed by atoms with Crippen molar-refractivity contribution in [3.8, 4) is 0 Å². The minimum atomic E-state index is -1.35. The van der Waals surface area contributed by atoms with E-state index in [0.29, 0.717) is 6.42 Å². The second-order valence-corrected chi connectivity index (χ2v) is 6.61. The van der Waals surface area contributed by atoms with Crippen molar-refractivity contribution in [3.63, 3.8) is 0 Å². The summed E-state index contributed by atoms with van der Waals surface area (Å²) in [5.74, 6) is -2.71. The minimum absolute atomic E-state index is 0.510. The molecule has 4 nitrogen and oxygen atoms in total. The molecule has 0 bridgehead atoms. The van der Waals surface area contributed by atoms with Crippen LogP contribution in [-0.2, 0) is 9.59 Å². The van der Waals surface area contributed by atoms with E-state index in [-0.39, 0.29) is 0 Å². The molecule has 0 fully saturated rings. The standard InChI is InChI=1S/C20H36O4/c1-2-3-4-5-6-7-8-9-10-11-12-13-14-15-16-17-18(19(21)22)20(23)24/h17H,2-16H2,1H3,(H,21,22)(H,23,24). The van der Waals surface area contributed by atoms with Gasteiger partial charge in [-0.25, -0.2) is 9.59 Å². The van der Waals surface area contributed by atoms with Gasteiger partial charge in [-0.05, 0) is 12.8 Å². The summed E-state index contributed by atoms with van der Waals surface area (Å²) in [5.41, 5.74) is -0.510. The fraction of sp³-hybridized carbons (Fsp3) is 0.800. The fourth-order valence-electron chi connectivity index (χ4n) is 2.85. The van der Waals surface area contributed by atoms with Gasteiger partial charge in [0.15, 0.2) is 0 Å². The van der Waals surface area contributed by atoms with Gasteiger partial charge in [0.2, 0.25) is 0 Å². The van der Waals surface area contributed by atoms with Crippen LogP contribution in [-0.4, -0.2) is 22.2 Å². The van der Waals surface area contributed by atoms with Crippen molar-refractivity contribution in [2.75, 3.05) is 0 Å². The van der Waals surface area contributed by atoms with Gasteiger partial charge in [-0.3, -0.25) is 0 Å². The van der Waals surface area contributed by atoms with Gasteiger partial charge in [-0.15, -0.1) is 0 Å². The fourth-order valence-corrected chi connectivity index (χ4v) is 2.85. The molecule has 0 saturated carbocycles. The van der Waals surface area contributed by atoms with E-state index in [1.807, 2.05) is 0 Å². The summed E-state index contributed by atoms with van der Waals surface area (Å²) in [4.78, 5) is 21.3. The molecule has 0 unspecified atom stereocenters. The molecule has 0 aliphatic rings. The van der Waals surface area contributed by atoms with E-state index in [1.54, 1.807) is 0 Å². The number of aliphatic carboxylic acids is 2. The topological polar surface area (TPSA) is 74.6 Å². The van der Waals surface area contributed by atoms with Crippen LogP contribution >= 0.6 is 0 Å². The second kappa shape index (κ2) is 16.5. The molecule has 0 rings (SSSR count). The molecule has 2 N–H and O–H groups in total. The number of hydrogen-bond acceptors (Lipinski definition) is 2. The number of hydrogen-bond donors (Lipinski definition) is 2. The zero-order valence-corrected chi connectivity index (χ0v) is 15.4. The molecule has 0 aliphatic carbocycles.